The number of esters is 1. The van der Waals surface area contributed by atoms with Crippen LogP contribution in [0.2, 0.25) is 0 Å². The summed E-state index contributed by atoms with van der Waals surface area (Å²) in [5.74, 6) is -0.175. The molecule has 5 nitrogen and oxygen atoms in total. The zero-order valence-corrected chi connectivity index (χ0v) is 17.6. The Kier molecular flexibility index (Phi) is 7.21. The summed E-state index contributed by atoms with van der Waals surface area (Å²) in [6, 6.07) is 1.34. The van der Waals surface area contributed by atoms with Gasteiger partial charge in [0.2, 0.25) is 0 Å². The first-order chi connectivity index (χ1) is 14.5. The number of aromatic nitrogens is 3. The lowest BCUT2D eigenvalue weighted by atomic mass is 10.0. The Balaban J connectivity index is 1.63. The quantitative estimate of drug-likeness (QED) is 0.183. The fraction of sp³-hybridized carbons (Fsp3) is 0.294. The fourth-order valence-electron chi connectivity index (χ4n) is 2.29. The zero-order chi connectivity index (χ0) is 22.6. The molecule has 0 saturated heterocycles. The van der Waals surface area contributed by atoms with Crippen molar-refractivity contribution in [1.29, 1.82) is 0 Å². The van der Waals surface area contributed by atoms with Gasteiger partial charge in [0.15, 0.2) is 4.34 Å². The maximum Gasteiger partial charge on any atom is 0.416 e. The summed E-state index contributed by atoms with van der Waals surface area (Å²) in [6.45, 7) is 0.0546. The molecule has 166 valence electrons. The number of halogens is 6. The number of thiazole rings is 1. The van der Waals surface area contributed by atoms with E-state index in [-0.39, 0.29) is 30.4 Å². The molecule has 0 amide bonds. The molecule has 0 bridgehead atoms. The van der Waals surface area contributed by atoms with E-state index in [0.29, 0.717) is 27.2 Å². The van der Waals surface area contributed by atoms with E-state index in [1.165, 1.54) is 34.0 Å². The highest BCUT2D eigenvalue weighted by Gasteiger charge is 2.37. The predicted octanol–water partition coefficient (Wildman–Crippen LogP) is 5.58. The van der Waals surface area contributed by atoms with Gasteiger partial charge < -0.3 is 4.74 Å². The van der Waals surface area contributed by atoms with Crippen molar-refractivity contribution in [3.8, 4) is 11.3 Å². The van der Waals surface area contributed by atoms with Gasteiger partial charge in [0.25, 0.3) is 0 Å². The van der Waals surface area contributed by atoms with Crippen molar-refractivity contribution in [3.05, 3.63) is 45.2 Å². The highest BCUT2D eigenvalue weighted by Crippen LogP contribution is 2.39. The molecule has 0 saturated carbocycles. The number of nitrogens with zero attached hydrogens (tertiary/aromatic N) is 3. The number of rotatable bonds is 7. The van der Waals surface area contributed by atoms with Crippen molar-refractivity contribution in [2.75, 3.05) is 12.4 Å². The van der Waals surface area contributed by atoms with Gasteiger partial charge in [-0.05, 0) is 18.2 Å². The van der Waals surface area contributed by atoms with E-state index in [1.54, 1.807) is 0 Å². The monoisotopic (exact) mass is 499 g/mol. The third kappa shape index (κ3) is 6.64. The largest absolute Gasteiger partial charge is 0.464 e. The summed E-state index contributed by atoms with van der Waals surface area (Å²) in [7, 11) is 0. The molecule has 3 aromatic rings. The normalized spacial score (nSPS) is 12.2. The van der Waals surface area contributed by atoms with Crippen LogP contribution in [-0.4, -0.2) is 33.5 Å². The Bertz CT molecular complexity index is 1000. The van der Waals surface area contributed by atoms with Crippen molar-refractivity contribution >= 4 is 40.4 Å². The SMILES string of the molecule is O=C(Cc1nncs1)OCCSc1nc(-c2cc(C(F)(F)F)cc(C(F)(F)F)c2)cs1. The lowest BCUT2D eigenvalue weighted by Crippen LogP contribution is -2.11. The standard InChI is InChI=1S/C17H11F6N3O2S3/c18-16(19,20)10-3-9(4-11(5-10)17(21,22)23)12-7-30-15(25-12)29-2-1-28-14(27)6-13-26-24-8-31-13/h3-5,7-8H,1-2,6H2. The van der Waals surface area contributed by atoms with Crippen LogP contribution in [0.5, 0.6) is 0 Å². The van der Waals surface area contributed by atoms with Crippen molar-refractivity contribution in [2.45, 2.75) is 23.1 Å². The number of thioether (sulfide) groups is 1. The Morgan fingerprint density at radius 2 is 1.71 bits per heavy atom. The molecule has 0 aliphatic carbocycles. The Labute approximate surface area is 183 Å². The molecule has 2 aromatic heterocycles. The number of carbonyl (C=O) groups is 1. The zero-order valence-electron chi connectivity index (χ0n) is 15.2. The van der Waals surface area contributed by atoms with E-state index in [1.807, 2.05) is 0 Å². The van der Waals surface area contributed by atoms with Gasteiger partial charge in [0.05, 0.1) is 23.2 Å². The summed E-state index contributed by atoms with van der Waals surface area (Å²) in [5, 5.41) is 9.21. The number of benzene rings is 1. The van der Waals surface area contributed by atoms with Crippen LogP contribution in [0, 0.1) is 0 Å². The van der Waals surface area contributed by atoms with Gasteiger partial charge in [-0.2, -0.15) is 26.3 Å². The number of carbonyl (C=O) groups excluding carboxylic acids is 1. The molecule has 0 fully saturated rings. The van der Waals surface area contributed by atoms with E-state index in [0.717, 1.165) is 11.3 Å². The Hall–Kier alpha value is -2.19. The Morgan fingerprint density at radius 1 is 1.03 bits per heavy atom. The van der Waals surface area contributed by atoms with Gasteiger partial charge in [0, 0.05) is 16.7 Å². The molecule has 0 atom stereocenters. The van der Waals surface area contributed by atoms with Gasteiger partial charge in [0.1, 0.15) is 17.1 Å². The lowest BCUT2D eigenvalue weighted by Gasteiger charge is -2.13. The van der Waals surface area contributed by atoms with Crippen LogP contribution in [0.3, 0.4) is 0 Å². The molecule has 0 radical (unpaired) electrons. The summed E-state index contributed by atoms with van der Waals surface area (Å²) in [5.41, 5.74) is -1.60. The van der Waals surface area contributed by atoms with E-state index < -0.39 is 29.4 Å². The minimum absolute atomic E-state index is 0.00244. The van der Waals surface area contributed by atoms with Crippen LogP contribution in [0.25, 0.3) is 11.3 Å². The first-order valence-electron chi connectivity index (χ1n) is 8.31. The van der Waals surface area contributed by atoms with Gasteiger partial charge >= 0.3 is 18.3 Å². The van der Waals surface area contributed by atoms with Crippen LogP contribution in [0.1, 0.15) is 16.1 Å². The van der Waals surface area contributed by atoms with Crippen molar-refractivity contribution < 1.29 is 35.9 Å². The maximum atomic E-state index is 13.0. The number of alkyl halides is 6. The summed E-state index contributed by atoms with van der Waals surface area (Å²) in [6.07, 6.45) is -9.86. The van der Waals surface area contributed by atoms with Gasteiger partial charge in [-0.1, -0.05) is 11.8 Å². The van der Waals surface area contributed by atoms with Crippen LogP contribution in [-0.2, 0) is 28.3 Å². The molecule has 3 rings (SSSR count). The molecular weight excluding hydrogens is 488 g/mol. The molecule has 14 heteroatoms. The fourth-order valence-corrected chi connectivity index (χ4v) is 4.53. The second-order valence-electron chi connectivity index (χ2n) is 5.87. The second-order valence-corrected chi connectivity index (χ2v) is 8.99. The highest BCUT2D eigenvalue weighted by atomic mass is 32.2. The Morgan fingerprint density at radius 3 is 2.29 bits per heavy atom. The third-order valence-corrected chi connectivity index (χ3v) is 6.32. The number of hydrogen-bond acceptors (Lipinski definition) is 8. The highest BCUT2D eigenvalue weighted by molar-refractivity contribution is 8.01. The van der Waals surface area contributed by atoms with Crippen molar-refractivity contribution in [1.82, 2.24) is 15.2 Å². The predicted molar refractivity (Wildman–Crippen MR) is 103 cm³/mol. The third-order valence-electron chi connectivity index (χ3n) is 3.64. The maximum absolute atomic E-state index is 13.0. The summed E-state index contributed by atoms with van der Waals surface area (Å²) >= 11 is 3.45. The van der Waals surface area contributed by atoms with Crippen molar-refractivity contribution in [2.24, 2.45) is 0 Å². The van der Waals surface area contributed by atoms with E-state index in [2.05, 4.69) is 15.2 Å². The topological polar surface area (TPSA) is 65.0 Å². The lowest BCUT2D eigenvalue weighted by molar-refractivity contribution is -0.143. The first kappa shape index (κ1) is 23.5. The molecule has 0 spiro atoms. The average Bonchev–Trinajstić information content (AvgIpc) is 3.35. The molecule has 31 heavy (non-hydrogen) atoms. The summed E-state index contributed by atoms with van der Waals surface area (Å²) < 4.78 is 83.5. The summed E-state index contributed by atoms with van der Waals surface area (Å²) in [4.78, 5) is 15.7. The van der Waals surface area contributed by atoms with E-state index in [9.17, 15) is 31.1 Å². The average molecular weight is 499 g/mol. The first-order valence-corrected chi connectivity index (χ1v) is 11.1. The van der Waals surface area contributed by atoms with Crippen LogP contribution >= 0.6 is 34.4 Å². The van der Waals surface area contributed by atoms with Gasteiger partial charge in [-0.25, -0.2) is 4.98 Å². The molecule has 2 heterocycles. The van der Waals surface area contributed by atoms with Crippen molar-refractivity contribution in [3.63, 3.8) is 0 Å². The molecule has 0 aliphatic rings. The molecule has 0 aliphatic heterocycles. The van der Waals surface area contributed by atoms with E-state index >= 15 is 0 Å². The van der Waals surface area contributed by atoms with Crippen LogP contribution in [0.15, 0.2) is 33.4 Å². The number of hydrogen-bond donors (Lipinski definition) is 0. The van der Waals surface area contributed by atoms with Crippen LogP contribution in [0.4, 0.5) is 26.3 Å². The van der Waals surface area contributed by atoms with Crippen LogP contribution < -0.4 is 0 Å². The second kappa shape index (κ2) is 9.53. The minimum Gasteiger partial charge on any atom is -0.464 e. The molecule has 1 aromatic carbocycles. The molecule has 0 unspecified atom stereocenters. The molecular formula is C17H11F6N3O2S3. The van der Waals surface area contributed by atoms with Gasteiger partial charge in [-0.15, -0.1) is 32.9 Å². The van der Waals surface area contributed by atoms with Gasteiger partial charge in [-0.3, -0.25) is 4.79 Å². The molecule has 0 N–H and O–H groups in total. The number of ether oxygens (including phenoxy) is 1. The minimum atomic E-state index is -4.93. The smallest absolute Gasteiger partial charge is 0.416 e. The van der Waals surface area contributed by atoms with E-state index in [4.69, 9.17) is 4.74 Å².